The van der Waals surface area contributed by atoms with E-state index in [2.05, 4.69) is 4.98 Å². The summed E-state index contributed by atoms with van der Waals surface area (Å²) in [5.41, 5.74) is 0.956. The standard InChI is InChI=1S/C14H6ClN3/c15-11-4-5-12-13-9(11)2-1-3-10(13)14(18-12)8(6-16)7-17/h1-5,18H. The van der Waals surface area contributed by atoms with Crippen LogP contribution in [0.2, 0.25) is 5.02 Å². The molecule has 0 amide bonds. The van der Waals surface area contributed by atoms with Gasteiger partial charge in [0, 0.05) is 26.7 Å². The predicted octanol–water partition coefficient (Wildman–Crippen LogP) is 2.89. The van der Waals surface area contributed by atoms with Crippen LogP contribution in [-0.4, -0.2) is 4.98 Å². The smallest absolute Gasteiger partial charge is 0.153 e. The Balaban J connectivity index is 2.70. The molecule has 1 heterocycles. The molecule has 2 aromatic carbocycles. The Morgan fingerprint density at radius 3 is 2.50 bits per heavy atom. The molecular formula is C14H6ClN3. The SMILES string of the molecule is N#CC(C#N)=c1[nH]c2ccc(Cl)c3cccc1c23. The number of nitrogens with one attached hydrogen (secondary N) is 1. The second kappa shape index (κ2) is 3.77. The van der Waals surface area contributed by atoms with E-state index in [1.165, 1.54) is 0 Å². The van der Waals surface area contributed by atoms with Gasteiger partial charge in [-0.15, -0.1) is 0 Å². The zero-order chi connectivity index (χ0) is 12.7. The summed E-state index contributed by atoms with van der Waals surface area (Å²) in [7, 11) is 0. The first-order valence-electron chi connectivity index (χ1n) is 5.29. The maximum atomic E-state index is 8.98. The van der Waals surface area contributed by atoms with Gasteiger partial charge in [-0.1, -0.05) is 29.8 Å². The number of rotatable bonds is 0. The molecule has 0 fully saturated rings. The van der Waals surface area contributed by atoms with Crippen molar-refractivity contribution >= 4 is 38.8 Å². The molecule has 18 heavy (non-hydrogen) atoms. The third-order valence-corrected chi connectivity index (χ3v) is 3.32. The average molecular weight is 252 g/mol. The molecule has 3 aromatic rings. The fraction of sp³-hybridized carbons (Fsp3) is 0. The Labute approximate surface area is 107 Å². The second-order valence-electron chi connectivity index (χ2n) is 3.92. The van der Waals surface area contributed by atoms with Crippen LogP contribution in [0.25, 0.3) is 27.2 Å². The van der Waals surface area contributed by atoms with Gasteiger partial charge in [-0.05, 0) is 12.1 Å². The lowest BCUT2D eigenvalue weighted by atomic mass is 10.1. The Morgan fingerprint density at radius 2 is 1.78 bits per heavy atom. The van der Waals surface area contributed by atoms with Crippen molar-refractivity contribution in [2.75, 3.05) is 0 Å². The molecule has 0 unspecified atom stereocenters. The van der Waals surface area contributed by atoms with E-state index in [1.54, 1.807) is 6.07 Å². The van der Waals surface area contributed by atoms with Crippen molar-refractivity contribution < 1.29 is 0 Å². The molecule has 1 aromatic heterocycles. The molecular weight excluding hydrogens is 246 g/mol. The summed E-state index contributed by atoms with van der Waals surface area (Å²) in [6.45, 7) is 0. The van der Waals surface area contributed by atoms with Gasteiger partial charge in [0.15, 0.2) is 5.57 Å². The maximum Gasteiger partial charge on any atom is 0.153 e. The first-order chi connectivity index (χ1) is 8.76. The van der Waals surface area contributed by atoms with E-state index in [0.717, 1.165) is 21.7 Å². The van der Waals surface area contributed by atoms with Gasteiger partial charge >= 0.3 is 0 Å². The van der Waals surface area contributed by atoms with Crippen molar-refractivity contribution in [3.8, 4) is 12.1 Å². The molecule has 0 saturated carbocycles. The zero-order valence-corrected chi connectivity index (χ0v) is 9.92. The number of nitrogens with zero attached hydrogens (tertiary/aromatic N) is 2. The largest absolute Gasteiger partial charge is 0.353 e. The molecule has 0 aliphatic carbocycles. The van der Waals surface area contributed by atoms with E-state index in [0.29, 0.717) is 10.4 Å². The van der Waals surface area contributed by atoms with Crippen LogP contribution in [0, 0.1) is 22.7 Å². The molecule has 1 N–H and O–H groups in total. The van der Waals surface area contributed by atoms with Crippen LogP contribution in [0.1, 0.15) is 0 Å². The summed E-state index contributed by atoms with van der Waals surface area (Å²) in [5.74, 6) is 0. The van der Waals surface area contributed by atoms with Crippen molar-refractivity contribution in [2.24, 2.45) is 0 Å². The fourth-order valence-electron chi connectivity index (χ4n) is 2.22. The molecule has 0 aliphatic rings. The highest BCUT2D eigenvalue weighted by Crippen LogP contribution is 2.29. The number of benzene rings is 2. The summed E-state index contributed by atoms with van der Waals surface area (Å²) in [4.78, 5) is 3.11. The van der Waals surface area contributed by atoms with E-state index in [1.807, 2.05) is 36.4 Å². The van der Waals surface area contributed by atoms with Crippen molar-refractivity contribution in [3.05, 3.63) is 40.7 Å². The minimum absolute atomic E-state index is 0.0785. The minimum atomic E-state index is 0.0785. The Hall–Kier alpha value is -2.49. The van der Waals surface area contributed by atoms with Crippen molar-refractivity contribution in [2.45, 2.75) is 0 Å². The molecule has 4 heteroatoms. The molecule has 84 valence electrons. The highest BCUT2D eigenvalue weighted by Gasteiger charge is 2.10. The van der Waals surface area contributed by atoms with Crippen LogP contribution in [0.3, 0.4) is 0 Å². The van der Waals surface area contributed by atoms with Gasteiger partial charge in [0.05, 0.1) is 5.35 Å². The van der Waals surface area contributed by atoms with Gasteiger partial charge in [-0.2, -0.15) is 10.5 Å². The number of hydrogen-bond donors (Lipinski definition) is 1. The molecule has 3 nitrogen and oxygen atoms in total. The van der Waals surface area contributed by atoms with E-state index in [4.69, 9.17) is 22.1 Å². The number of halogens is 1. The van der Waals surface area contributed by atoms with Crippen molar-refractivity contribution in [1.82, 2.24) is 4.98 Å². The van der Waals surface area contributed by atoms with Crippen LogP contribution >= 0.6 is 11.6 Å². The van der Waals surface area contributed by atoms with Crippen molar-refractivity contribution in [3.63, 3.8) is 0 Å². The van der Waals surface area contributed by atoms with Gasteiger partial charge in [-0.25, -0.2) is 0 Å². The first-order valence-corrected chi connectivity index (χ1v) is 5.67. The molecule has 0 radical (unpaired) electrons. The van der Waals surface area contributed by atoms with E-state index < -0.39 is 0 Å². The number of aromatic amines is 1. The summed E-state index contributed by atoms with van der Waals surface area (Å²) in [6.07, 6.45) is 0. The van der Waals surface area contributed by atoms with Gasteiger partial charge in [0.2, 0.25) is 0 Å². The third kappa shape index (κ3) is 1.29. The number of hydrogen-bond acceptors (Lipinski definition) is 2. The van der Waals surface area contributed by atoms with Crippen LogP contribution < -0.4 is 5.35 Å². The summed E-state index contributed by atoms with van der Waals surface area (Å²) >= 11 is 6.15. The lowest BCUT2D eigenvalue weighted by Gasteiger charge is -1.99. The Kier molecular flexibility index (Phi) is 2.23. The number of aromatic nitrogens is 1. The highest BCUT2D eigenvalue weighted by molar-refractivity contribution is 6.37. The molecule has 0 spiro atoms. The van der Waals surface area contributed by atoms with E-state index in [-0.39, 0.29) is 5.57 Å². The lowest BCUT2D eigenvalue weighted by Crippen LogP contribution is -2.05. The predicted molar refractivity (Wildman–Crippen MR) is 70.7 cm³/mol. The summed E-state index contributed by atoms with van der Waals surface area (Å²) < 4.78 is 0. The second-order valence-corrected chi connectivity index (χ2v) is 4.33. The monoisotopic (exact) mass is 251 g/mol. The zero-order valence-electron chi connectivity index (χ0n) is 9.16. The topological polar surface area (TPSA) is 63.4 Å². The van der Waals surface area contributed by atoms with Crippen LogP contribution in [-0.2, 0) is 0 Å². The molecule has 0 saturated heterocycles. The third-order valence-electron chi connectivity index (χ3n) is 2.99. The van der Waals surface area contributed by atoms with Crippen LogP contribution in [0.15, 0.2) is 30.3 Å². The minimum Gasteiger partial charge on any atom is -0.353 e. The average Bonchev–Trinajstić information content (AvgIpc) is 2.77. The number of nitriles is 2. The molecule has 0 atom stereocenters. The van der Waals surface area contributed by atoms with Gasteiger partial charge in [0.1, 0.15) is 12.1 Å². The first kappa shape index (κ1) is 10.7. The summed E-state index contributed by atoms with van der Waals surface area (Å²) in [6, 6.07) is 13.1. The summed E-state index contributed by atoms with van der Waals surface area (Å²) in [5, 5.41) is 21.9. The highest BCUT2D eigenvalue weighted by atomic mass is 35.5. The lowest BCUT2D eigenvalue weighted by molar-refractivity contribution is 1.38. The van der Waals surface area contributed by atoms with E-state index >= 15 is 0 Å². The maximum absolute atomic E-state index is 8.98. The Bertz CT molecular complexity index is 890. The van der Waals surface area contributed by atoms with E-state index in [9.17, 15) is 0 Å². The molecule has 0 bridgehead atoms. The van der Waals surface area contributed by atoms with Gasteiger partial charge < -0.3 is 4.98 Å². The fourth-order valence-corrected chi connectivity index (χ4v) is 2.44. The quantitative estimate of drug-likeness (QED) is 0.668. The normalized spacial score (nSPS) is 10.4. The molecule has 3 rings (SSSR count). The number of H-pyrrole nitrogens is 1. The van der Waals surface area contributed by atoms with Crippen LogP contribution in [0.5, 0.6) is 0 Å². The Morgan fingerprint density at radius 1 is 1.06 bits per heavy atom. The van der Waals surface area contributed by atoms with Crippen molar-refractivity contribution in [1.29, 1.82) is 10.5 Å². The molecule has 0 aliphatic heterocycles. The van der Waals surface area contributed by atoms with Gasteiger partial charge in [0.25, 0.3) is 0 Å². The van der Waals surface area contributed by atoms with Gasteiger partial charge in [-0.3, -0.25) is 0 Å². The van der Waals surface area contributed by atoms with Crippen LogP contribution in [0.4, 0.5) is 0 Å².